The van der Waals surface area contributed by atoms with Crippen molar-refractivity contribution in [2.75, 3.05) is 19.5 Å². The Bertz CT molecular complexity index is 373. The van der Waals surface area contributed by atoms with E-state index in [1.165, 1.54) is 0 Å². The molecule has 0 aliphatic rings. The Morgan fingerprint density at radius 3 is 3.06 bits per heavy atom. The van der Waals surface area contributed by atoms with E-state index in [2.05, 4.69) is 4.98 Å². The maximum atomic E-state index is 7.35. The lowest BCUT2D eigenvalue weighted by Crippen LogP contribution is -2.12. The Hall–Kier alpha value is -0.780. The van der Waals surface area contributed by atoms with Crippen LogP contribution in [0.15, 0.2) is 17.3 Å². The standard InChI is InChI=1S/C10H14ClN3OS/c1-15-5-2-6-16-10-8(11)7(9(12)13)3-4-14-10/h3-4H,2,5-6H2,1H3,(H3,12,13). The van der Waals surface area contributed by atoms with Crippen molar-refractivity contribution < 1.29 is 4.74 Å². The van der Waals surface area contributed by atoms with E-state index in [0.29, 0.717) is 15.6 Å². The van der Waals surface area contributed by atoms with E-state index in [1.807, 2.05) is 0 Å². The zero-order chi connectivity index (χ0) is 12.0. The van der Waals surface area contributed by atoms with Crippen LogP contribution in [0.25, 0.3) is 0 Å². The van der Waals surface area contributed by atoms with E-state index in [1.54, 1.807) is 31.1 Å². The lowest BCUT2D eigenvalue weighted by atomic mass is 10.2. The molecule has 0 saturated heterocycles. The molecule has 0 amide bonds. The minimum atomic E-state index is -0.0360. The Morgan fingerprint density at radius 1 is 1.69 bits per heavy atom. The van der Waals surface area contributed by atoms with Gasteiger partial charge in [-0.15, -0.1) is 11.8 Å². The van der Waals surface area contributed by atoms with Crippen LogP contribution >= 0.6 is 23.4 Å². The highest BCUT2D eigenvalue weighted by Gasteiger charge is 2.09. The molecule has 0 atom stereocenters. The number of rotatable bonds is 6. The van der Waals surface area contributed by atoms with Gasteiger partial charge in [0.2, 0.25) is 0 Å². The lowest BCUT2D eigenvalue weighted by Gasteiger charge is -2.06. The summed E-state index contributed by atoms with van der Waals surface area (Å²) in [5, 5.41) is 8.52. The molecule has 3 N–H and O–H groups in total. The molecule has 1 aromatic rings. The Kier molecular flexibility index (Phi) is 5.59. The van der Waals surface area contributed by atoms with Gasteiger partial charge >= 0.3 is 0 Å². The monoisotopic (exact) mass is 259 g/mol. The highest BCUT2D eigenvalue weighted by molar-refractivity contribution is 7.99. The highest BCUT2D eigenvalue weighted by atomic mass is 35.5. The zero-order valence-electron chi connectivity index (χ0n) is 9.00. The van der Waals surface area contributed by atoms with Crippen LogP contribution in [0.1, 0.15) is 12.0 Å². The Balaban J connectivity index is 2.66. The van der Waals surface area contributed by atoms with Gasteiger partial charge in [-0.1, -0.05) is 11.6 Å². The van der Waals surface area contributed by atoms with Crippen LogP contribution in [0, 0.1) is 5.41 Å². The summed E-state index contributed by atoms with van der Waals surface area (Å²) >= 11 is 7.62. The predicted octanol–water partition coefficient (Wildman–Crippen LogP) is 2.15. The Labute approximate surface area is 104 Å². The van der Waals surface area contributed by atoms with Crippen molar-refractivity contribution in [3.8, 4) is 0 Å². The lowest BCUT2D eigenvalue weighted by molar-refractivity contribution is 0.200. The second kappa shape index (κ2) is 6.73. The number of amidine groups is 1. The van der Waals surface area contributed by atoms with Gasteiger partial charge in [0.05, 0.1) is 5.02 Å². The minimum absolute atomic E-state index is 0.0360. The average Bonchev–Trinajstić information content (AvgIpc) is 2.26. The van der Waals surface area contributed by atoms with E-state index in [9.17, 15) is 0 Å². The van der Waals surface area contributed by atoms with E-state index in [0.717, 1.165) is 18.8 Å². The molecule has 1 rings (SSSR count). The summed E-state index contributed by atoms with van der Waals surface area (Å²) in [5.41, 5.74) is 5.93. The van der Waals surface area contributed by atoms with Gasteiger partial charge in [0, 0.05) is 31.2 Å². The summed E-state index contributed by atoms with van der Waals surface area (Å²) < 4.78 is 4.95. The topological polar surface area (TPSA) is 72.0 Å². The molecule has 0 aromatic carbocycles. The van der Waals surface area contributed by atoms with Gasteiger partial charge in [-0.2, -0.15) is 0 Å². The first-order valence-electron chi connectivity index (χ1n) is 4.77. The van der Waals surface area contributed by atoms with Gasteiger partial charge in [0.25, 0.3) is 0 Å². The van der Waals surface area contributed by atoms with Crippen molar-refractivity contribution in [1.82, 2.24) is 4.98 Å². The number of nitrogens with one attached hydrogen (secondary N) is 1. The number of ether oxygens (including phenoxy) is 1. The van der Waals surface area contributed by atoms with E-state index in [-0.39, 0.29) is 5.84 Å². The maximum absolute atomic E-state index is 7.35. The second-order valence-corrected chi connectivity index (χ2v) is 4.55. The third-order valence-corrected chi connectivity index (χ3v) is 3.45. The molecule has 0 aliphatic heterocycles. The summed E-state index contributed by atoms with van der Waals surface area (Å²) in [5.74, 6) is 0.841. The van der Waals surface area contributed by atoms with Crippen LogP contribution in [0.2, 0.25) is 5.02 Å². The number of nitrogens with zero attached hydrogens (tertiary/aromatic N) is 1. The van der Waals surface area contributed by atoms with E-state index < -0.39 is 0 Å². The first kappa shape index (κ1) is 13.3. The number of hydrogen-bond donors (Lipinski definition) is 2. The third kappa shape index (κ3) is 3.66. The second-order valence-electron chi connectivity index (χ2n) is 3.09. The molecule has 0 aliphatic carbocycles. The van der Waals surface area contributed by atoms with Gasteiger partial charge < -0.3 is 10.5 Å². The number of thioether (sulfide) groups is 1. The fourth-order valence-corrected chi connectivity index (χ4v) is 2.31. The fraction of sp³-hybridized carbons (Fsp3) is 0.400. The van der Waals surface area contributed by atoms with Gasteiger partial charge in [-0.05, 0) is 12.5 Å². The normalized spacial score (nSPS) is 10.4. The summed E-state index contributed by atoms with van der Waals surface area (Å²) in [6.45, 7) is 0.719. The van der Waals surface area contributed by atoms with Crippen molar-refractivity contribution in [1.29, 1.82) is 5.41 Å². The van der Waals surface area contributed by atoms with Crippen LogP contribution in [-0.2, 0) is 4.74 Å². The number of methoxy groups -OCH3 is 1. The third-order valence-electron chi connectivity index (χ3n) is 1.88. The van der Waals surface area contributed by atoms with Gasteiger partial charge in [-0.3, -0.25) is 5.41 Å². The quantitative estimate of drug-likeness (QED) is 0.355. The summed E-state index contributed by atoms with van der Waals surface area (Å²) in [6, 6.07) is 1.64. The van der Waals surface area contributed by atoms with Crippen molar-refractivity contribution in [2.45, 2.75) is 11.4 Å². The minimum Gasteiger partial charge on any atom is -0.385 e. The summed E-state index contributed by atoms with van der Waals surface area (Å²) in [6.07, 6.45) is 2.55. The molecule has 4 nitrogen and oxygen atoms in total. The number of halogens is 1. The van der Waals surface area contributed by atoms with Crippen LogP contribution in [-0.4, -0.2) is 30.3 Å². The first-order chi connectivity index (χ1) is 7.66. The molecule has 0 bridgehead atoms. The largest absolute Gasteiger partial charge is 0.385 e. The Morgan fingerprint density at radius 2 is 2.44 bits per heavy atom. The molecule has 88 valence electrons. The summed E-state index contributed by atoms with van der Waals surface area (Å²) in [4.78, 5) is 4.16. The molecule has 1 aromatic heterocycles. The van der Waals surface area contributed by atoms with Gasteiger partial charge in [0.1, 0.15) is 10.9 Å². The molecule has 6 heteroatoms. The van der Waals surface area contributed by atoms with Crippen molar-refractivity contribution in [3.63, 3.8) is 0 Å². The van der Waals surface area contributed by atoms with Crippen LogP contribution in [0.5, 0.6) is 0 Å². The van der Waals surface area contributed by atoms with Crippen LogP contribution in [0.3, 0.4) is 0 Å². The maximum Gasteiger partial charge on any atom is 0.124 e. The van der Waals surface area contributed by atoms with Crippen molar-refractivity contribution >= 4 is 29.2 Å². The number of nitrogens with two attached hydrogens (primary N) is 1. The zero-order valence-corrected chi connectivity index (χ0v) is 10.6. The van der Waals surface area contributed by atoms with E-state index in [4.69, 9.17) is 27.5 Å². The molecule has 0 spiro atoms. The van der Waals surface area contributed by atoms with Crippen LogP contribution < -0.4 is 5.73 Å². The number of hydrogen-bond acceptors (Lipinski definition) is 4. The summed E-state index contributed by atoms with van der Waals surface area (Å²) in [7, 11) is 1.67. The molecule has 0 unspecified atom stereocenters. The number of nitrogen functional groups attached to an aromatic ring is 1. The molecule has 1 heterocycles. The van der Waals surface area contributed by atoms with Gasteiger partial charge in [-0.25, -0.2) is 4.98 Å². The molecular formula is C10H14ClN3OS. The first-order valence-corrected chi connectivity index (χ1v) is 6.13. The van der Waals surface area contributed by atoms with Crippen molar-refractivity contribution in [2.24, 2.45) is 5.73 Å². The molecular weight excluding hydrogens is 246 g/mol. The highest BCUT2D eigenvalue weighted by Crippen LogP contribution is 2.27. The number of pyridine rings is 1. The van der Waals surface area contributed by atoms with Crippen LogP contribution in [0.4, 0.5) is 0 Å². The SMILES string of the molecule is COCCCSc1nccc(C(=N)N)c1Cl. The molecule has 16 heavy (non-hydrogen) atoms. The van der Waals surface area contributed by atoms with Gasteiger partial charge in [0.15, 0.2) is 0 Å². The fourth-order valence-electron chi connectivity index (χ4n) is 1.11. The number of aromatic nitrogens is 1. The molecule has 0 fully saturated rings. The van der Waals surface area contributed by atoms with E-state index >= 15 is 0 Å². The predicted molar refractivity (Wildman–Crippen MR) is 67.5 cm³/mol. The average molecular weight is 260 g/mol. The smallest absolute Gasteiger partial charge is 0.124 e. The van der Waals surface area contributed by atoms with Crippen molar-refractivity contribution in [3.05, 3.63) is 22.8 Å². The molecule has 0 radical (unpaired) electrons. The molecule has 0 saturated carbocycles.